The van der Waals surface area contributed by atoms with Gasteiger partial charge in [-0.3, -0.25) is 9.78 Å². The van der Waals surface area contributed by atoms with E-state index in [-0.39, 0.29) is 5.91 Å². The van der Waals surface area contributed by atoms with Gasteiger partial charge in [-0.05, 0) is 44.4 Å². The molecular formula is C19H23N3O. The summed E-state index contributed by atoms with van der Waals surface area (Å²) >= 11 is 0. The molecule has 0 bridgehead atoms. The topological polar surface area (TPSA) is 45.2 Å². The number of rotatable bonds is 2. The largest absolute Gasteiger partial charge is 0.336 e. The normalized spacial score (nSPS) is 18.4. The molecule has 1 amide bonds. The molecule has 0 unspecified atom stereocenters. The molecule has 2 heterocycles. The number of carbonyl (C=O) groups is 1. The number of nitrogens with zero attached hydrogens (tertiary/aromatic N) is 2. The first kappa shape index (κ1) is 14.6. The van der Waals surface area contributed by atoms with Gasteiger partial charge in [-0.2, -0.15) is 0 Å². The van der Waals surface area contributed by atoms with Crippen molar-refractivity contribution >= 4 is 16.8 Å². The maximum Gasteiger partial charge on any atom is 0.254 e. The molecule has 4 heteroatoms. The van der Waals surface area contributed by atoms with Crippen LogP contribution in [0.3, 0.4) is 0 Å². The van der Waals surface area contributed by atoms with E-state index in [0.29, 0.717) is 5.92 Å². The van der Waals surface area contributed by atoms with Crippen LogP contribution in [0.25, 0.3) is 10.9 Å². The lowest BCUT2D eigenvalue weighted by molar-refractivity contribution is 0.0737. The summed E-state index contributed by atoms with van der Waals surface area (Å²) in [7, 11) is 0. The third-order valence-electron chi connectivity index (χ3n) is 4.90. The van der Waals surface area contributed by atoms with E-state index in [0.717, 1.165) is 53.9 Å². The lowest BCUT2D eigenvalue weighted by atomic mass is 9.99. The summed E-state index contributed by atoms with van der Waals surface area (Å²) in [5.74, 6) is 0.709. The number of benzene rings is 1. The molecule has 1 aliphatic heterocycles. The first-order valence-corrected chi connectivity index (χ1v) is 8.55. The highest BCUT2D eigenvalue weighted by atomic mass is 16.2. The zero-order valence-corrected chi connectivity index (χ0v) is 13.9. The molecule has 4 rings (SSSR count). The maximum absolute atomic E-state index is 13.1. The Hall–Kier alpha value is -1.94. The lowest BCUT2D eigenvalue weighted by Gasteiger charge is -2.28. The summed E-state index contributed by atoms with van der Waals surface area (Å²) in [6.45, 7) is 7.50. The Balaban J connectivity index is 1.87. The Morgan fingerprint density at radius 1 is 1.17 bits per heavy atom. The molecule has 1 aliphatic carbocycles. The van der Waals surface area contributed by atoms with Crippen LogP contribution in [-0.4, -0.2) is 42.0 Å². The van der Waals surface area contributed by atoms with E-state index in [9.17, 15) is 4.79 Å². The van der Waals surface area contributed by atoms with Gasteiger partial charge < -0.3 is 10.2 Å². The lowest BCUT2D eigenvalue weighted by Crippen LogP contribution is -2.46. The van der Waals surface area contributed by atoms with Gasteiger partial charge in [-0.15, -0.1) is 0 Å². The van der Waals surface area contributed by atoms with Crippen LogP contribution in [0.2, 0.25) is 0 Å². The van der Waals surface area contributed by atoms with Gasteiger partial charge in [0.2, 0.25) is 0 Å². The summed E-state index contributed by atoms with van der Waals surface area (Å²) in [5.41, 5.74) is 5.29. The van der Waals surface area contributed by atoms with Crippen molar-refractivity contribution in [1.82, 2.24) is 15.2 Å². The van der Waals surface area contributed by atoms with Crippen molar-refractivity contribution in [1.29, 1.82) is 0 Å². The molecule has 2 aliphatic rings. The minimum absolute atomic E-state index is 0.158. The van der Waals surface area contributed by atoms with Crippen molar-refractivity contribution in [2.24, 2.45) is 0 Å². The van der Waals surface area contributed by atoms with Crippen LogP contribution in [0.1, 0.15) is 45.9 Å². The van der Waals surface area contributed by atoms with Crippen LogP contribution in [-0.2, 0) is 0 Å². The predicted octanol–water partition coefficient (Wildman–Crippen LogP) is 2.77. The molecule has 120 valence electrons. The summed E-state index contributed by atoms with van der Waals surface area (Å²) in [6.07, 6.45) is 2.40. The van der Waals surface area contributed by atoms with Gasteiger partial charge in [0.1, 0.15) is 0 Å². The van der Waals surface area contributed by atoms with Gasteiger partial charge in [0.25, 0.3) is 5.91 Å². The number of nitrogens with one attached hydrogen (secondary N) is 1. The monoisotopic (exact) mass is 309 g/mol. The van der Waals surface area contributed by atoms with E-state index >= 15 is 0 Å². The number of fused-ring (bicyclic) bond motifs is 1. The number of carbonyl (C=O) groups excluding carboxylic acids is 1. The first-order valence-electron chi connectivity index (χ1n) is 8.55. The molecule has 1 N–H and O–H groups in total. The van der Waals surface area contributed by atoms with E-state index in [1.807, 2.05) is 4.90 Å². The Morgan fingerprint density at radius 2 is 1.91 bits per heavy atom. The molecule has 1 saturated heterocycles. The SMILES string of the molecule is Cc1cc(C)c2nc(C3CC3)cc(C(=O)N3CCNCC3)c2c1. The van der Waals surface area contributed by atoms with Crippen molar-refractivity contribution in [3.05, 3.63) is 40.6 Å². The first-order chi connectivity index (χ1) is 11.1. The smallest absolute Gasteiger partial charge is 0.254 e. The van der Waals surface area contributed by atoms with Gasteiger partial charge in [0, 0.05) is 43.2 Å². The standard InChI is InChI=1S/C19H23N3O/c1-12-9-13(2)18-15(10-12)16(11-17(21-18)14-3-4-14)19(23)22-7-5-20-6-8-22/h9-11,14,20H,3-8H2,1-2H3. The Labute approximate surface area is 136 Å². The zero-order valence-electron chi connectivity index (χ0n) is 13.9. The molecule has 4 nitrogen and oxygen atoms in total. The van der Waals surface area contributed by atoms with Gasteiger partial charge >= 0.3 is 0 Å². The fraction of sp³-hybridized carbons (Fsp3) is 0.474. The Morgan fingerprint density at radius 3 is 2.61 bits per heavy atom. The second kappa shape index (κ2) is 5.60. The van der Waals surface area contributed by atoms with Crippen LogP contribution >= 0.6 is 0 Å². The third-order valence-corrected chi connectivity index (χ3v) is 4.90. The van der Waals surface area contributed by atoms with Crippen LogP contribution in [0.15, 0.2) is 18.2 Å². The molecule has 23 heavy (non-hydrogen) atoms. The van der Waals surface area contributed by atoms with Crippen molar-refractivity contribution in [2.75, 3.05) is 26.2 Å². The van der Waals surface area contributed by atoms with Crippen LogP contribution in [0, 0.1) is 13.8 Å². The Kier molecular flexibility index (Phi) is 3.57. The minimum Gasteiger partial charge on any atom is -0.336 e. The third kappa shape index (κ3) is 2.72. The molecule has 1 aromatic heterocycles. The van der Waals surface area contributed by atoms with E-state index in [1.54, 1.807) is 0 Å². The maximum atomic E-state index is 13.1. The van der Waals surface area contributed by atoms with Gasteiger partial charge in [0.15, 0.2) is 0 Å². The van der Waals surface area contributed by atoms with Gasteiger partial charge in [-0.1, -0.05) is 11.6 Å². The summed E-state index contributed by atoms with van der Waals surface area (Å²) < 4.78 is 0. The molecule has 1 saturated carbocycles. The van der Waals surface area contributed by atoms with Crippen molar-refractivity contribution in [3.63, 3.8) is 0 Å². The number of aromatic nitrogens is 1. The quantitative estimate of drug-likeness (QED) is 0.928. The van der Waals surface area contributed by atoms with Crippen molar-refractivity contribution in [3.8, 4) is 0 Å². The van der Waals surface area contributed by atoms with Gasteiger partial charge in [0.05, 0.1) is 11.1 Å². The number of piperazine rings is 1. The predicted molar refractivity (Wildman–Crippen MR) is 92.0 cm³/mol. The average molecular weight is 309 g/mol. The zero-order chi connectivity index (χ0) is 16.0. The van der Waals surface area contributed by atoms with Gasteiger partial charge in [-0.25, -0.2) is 0 Å². The number of pyridine rings is 1. The van der Waals surface area contributed by atoms with Crippen molar-refractivity contribution in [2.45, 2.75) is 32.6 Å². The van der Waals surface area contributed by atoms with Crippen molar-refractivity contribution < 1.29 is 4.79 Å². The summed E-state index contributed by atoms with van der Waals surface area (Å²) in [5, 5.41) is 4.32. The number of amides is 1. The molecule has 1 aromatic carbocycles. The van der Waals surface area contributed by atoms with E-state index in [4.69, 9.17) is 4.98 Å². The fourth-order valence-electron chi connectivity index (χ4n) is 3.50. The molecule has 2 aromatic rings. The highest BCUT2D eigenvalue weighted by molar-refractivity contribution is 6.07. The van der Waals surface area contributed by atoms with Crippen LogP contribution in [0.5, 0.6) is 0 Å². The number of aryl methyl sites for hydroxylation is 2. The number of hydrogen-bond acceptors (Lipinski definition) is 3. The number of hydrogen-bond donors (Lipinski definition) is 1. The Bertz CT molecular complexity index is 774. The highest BCUT2D eigenvalue weighted by Gasteiger charge is 2.28. The molecular weight excluding hydrogens is 286 g/mol. The fourth-order valence-corrected chi connectivity index (χ4v) is 3.50. The van der Waals surface area contributed by atoms with E-state index in [1.165, 1.54) is 18.4 Å². The highest BCUT2D eigenvalue weighted by Crippen LogP contribution is 2.40. The molecule has 2 fully saturated rings. The summed E-state index contributed by atoms with van der Waals surface area (Å²) in [6, 6.07) is 6.33. The second-order valence-corrected chi connectivity index (χ2v) is 6.89. The van der Waals surface area contributed by atoms with Crippen LogP contribution < -0.4 is 5.32 Å². The second-order valence-electron chi connectivity index (χ2n) is 6.89. The van der Waals surface area contributed by atoms with Crippen LogP contribution in [0.4, 0.5) is 0 Å². The van der Waals surface area contributed by atoms with E-state index in [2.05, 4.69) is 37.4 Å². The molecule has 0 spiro atoms. The molecule has 0 radical (unpaired) electrons. The summed E-state index contributed by atoms with van der Waals surface area (Å²) in [4.78, 5) is 20.0. The molecule has 0 atom stereocenters. The minimum atomic E-state index is 0.158. The average Bonchev–Trinajstić information content (AvgIpc) is 3.39. The van der Waals surface area contributed by atoms with E-state index < -0.39 is 0 Å².